The van der Waals surface area contributed by atoms with E-state index in [0.29, 0.717) is 23.3 Å². The summed E-state index contributed by atoms with van der Waals surface area (Å²) in [6, 6.07) is 34.4. The van der Waals surface area contributed by atoms with Crippen molar-refractivity contribution in [3.63, 3.8) is 0 Å². The zero-order chi connectivity index (χ0) is 30.0. The van der Waals surface area contributed by atoms with Crippen molar-refractivity contribution < 1.29 is 15.3 Å². The van der Waals surface area contributed by atoms with Crippen LogP contribution in [0.5, 0.6) is 11.5 Å². The van der Waals surface area contributed by atoms with Gasteiger partial charge >= 0.3 is 0 Å². The van der Waals surface area contributed by atoms with Crippen molar-refractivity contribution in [3.05, 3.63) is 131 Å². The van der Waals surface area contributed by atoms with Crippen molar-refractivity contribution in [2.45, 2.75) is 70.8 Å². The number of aliphatic hydroxyl groups is 1. The van der Waals surface area contributed by atoms with Gasteiger partial charge in [-0.05, 0) is 131 Å². The standard InChI is InChI=1S/C22H20O.C18H24O2/c1-2-21(17-9-5-3-6-10-17)22(18-11-7-4-8-12-18)19-13-15-20(23)16-14-19;1-18-9-8-14-13-5-3-12(19)10-11(13)2-4-15(14)16(18)6-7-17(18)20/h3-16,23H,2H2,1H3;3,5,10,14-17,19-20H,2,4,6-9H2,1H3/b22-21+;/t;14-,15-,16+,17-,18+/m.1/s1. The smallest absolute Gasteiger partial charge is 0.115 e. The molecule has 0 saturated heterocycles. The number of aliphatic hydroxyl groups excluding tert-OH is 1. The third kappa shape index (κ3) is 5.76. The number of fused-ring (bicyclic) bond motifs is 5. The maximum Gasteiger partial charge on any atom is 0.115 e. The summed E-state index contributed by atoms with van der Waals surface area (Å²) in [5, 5.41) is 29.7. The molecular formula is C40H44O3. The molecule has 4 aromatic rings. The van der Waals surface area contributed by atoms with Crippen molar-refractivity contribution in [3.8, 4) is 11.5 Å². The summed E-state index contributed by atoms with van der Waals surface area (Å²) in [6.07, 6.45) is 7.72. The van der Waals surface area contributed by atoms with E-state index in [2.05, 4.69) is 68.4 Å². The Hall–Kier alpha value is -3.82. The zero-order valence-corrected chi connectivity index (χ0v) is 25.4. The van der Waals surface area contributed by atoms with E-state index < -0.39 is 0 Å². The Balaban J connectivity index is 0.000000154. The molecule has 3 heteroatoms. The van der Waals surface area contributed by atoms with Crippen LogP contribution in [0, 0.1) is 17.3 Å². The second-order valence-electron chi connectivity index (χ2n) is 12.9. The van der Waals surface area contributed by atoms with Gasteiger partial charge in [0.25, 0.3) is 0 Å². The van der Waals surface area contributed by atoms with Gasteiger partial charge in [-0.2, -0.15) is 0 Å². The maximum atomic E-state index is 10.4. The minimum atomic E-state index is -0.0883. The largest absolute Gasteiger partial charge is 0.508 e. The predicted molar refractivity (Wildman–Crippen MR) is 176 cm³/mol. The SMILES string of the molecule is CC/C(=C(/c1ccccc1)c1ccc(O)cc1)c1ccccc1.C[C@]12CC[C@@H]3c4ccc(O)cc4CC[C@H]3[C@@H]1CC[C@H]2O. The highest BCUT2D eigenvalue weighted by Gasteiger charge is 2.54. The van der Waals surface area contributed by atoms with E-state index in [9.17, 15) is 15.3 Å². The topological polar surface area (TPSA) is 60.7 Å². The van der Waals surface area contributed by atoms with Gasteiger partial charge in [-0.15, -0.1) is 0 Å². The van der Waals surface area contributed by atoms with Crippen LogP contribution in [0.1, 0.15) is 86.1 Å². The lowest BCUT2D eigenvalue weighted by Gasteiger charge is -2.50. The van der Waals surface area contributed by atoms with E-state index in [1.807, 2.05) is 36.4 Å². The highest BCUT2D eigenvalue weighted by atomic mass is 16.3. The number of hydrogen-bond acceptors (Lipinski definition) is 3. The molecule has 7 rings (SSSR count). The third-order valence-electron chi connectivity index (χ3n) is 10.7. The lowest BCUT2D eigenvalue weighted by Crippen LogP contribution is -2.43. The lowest BCUT2D eigenvalue weighted by molar-refractivity contribution is -0.0226. The summed E-state index contributed by atoms with van der Waals surface area (Å²) >= 11 is 0. The number of benzene rings is 4. The summed E-state index contributed by atoms with van der Waals surface area (Å²) in [5.74, 6) is 2.78. The maximum absolute atomic E-state index is 10.4. The van der Waals surface area contributed by atoms with E-state index in [1.165, 1.54) is 52.7 Å². The molecule has 2 fully saturated rings. The van der Waals surface area contributed by atoms with Gasteiger partial charge in [0.2, 0.25) is 0 Å². The number of phenolic OH excluding ortho intramolecular Hbond substituents is 2. The Labute approximate surface area is 256 Å². The number of aryl methyl sites for hydroxylation is 1. The fraction of sp³-hybridized carbons (Fsp3) is 0.350. The van der Waals surface area contributed by atoms with Crippen molar-refractivity contribution in [2.24, 2.45) is 17.3 Å². The average Bonchev–Trinajstić information content (AvgIpc) is 3.35. The average molecular weight is 573 g/mol. The van der Waals surface area contributed by atoms with Gasteiger partial charge in [0.1, 0.15) is 11.5 Å². The normalized spacial score (nSPS) is 26.2. The van der Waals surface area contributed by atoms with E-state index >= 15 is 0 Å². The molecule has 5 atom stereocenters. The van der Waals surface area contributed by atoms with Crippen LogP contribution in [0.2, 0.25) is 0 Å². The third-order valence-corrected chi connectivity index (χ3v) is 10.7. The zero-order valence-electron chi connectivity index (χ0n) is 25.4. The van der Waals surface area contributed by atoms with Crippen molar-refractivity contribution in [2.75, 3.05) is 0 Å². The fourth-order valence-corrected chi connectivity index (χ4v) is 8.45. The summed E-state index contributed by atoms with van der Waals surface area (Å²) in [4.78, 5) is 0. The fourth-order valence-electron chi connectivity index (χ4n) is 8.45. The van der Waals surface area contributed by atoms with Crippen LogP contribution in [-0.4, -0.2) is 21.4 Å². The molecule has 0 radical (unpaired) electrons. The number of aromatic hydroxyl groups is 2. The van der Waals surface area contributed by atoms with Gasteiger partial charge in [-0.1, -0.05) is 92.7 Å². The van der Waals surface area contributed by atoms with Crippen LogP contribution in [0.15, 0.2) is 103 Å². The Kier molecular flexibility index (Phi) is 8.45. The van der Waals surface area contributed by atoms with Crippen LogP contribution in [0.3, 0.4) is 0 Å². The van der Waals surface area contributed by atoms with E-state index in [1.54, 1.807) is 12.1 Å². The number of hydrogen-bond donors (Lipinski definition) is 3. The van der Waals surface area contributed by atoms with Crippen LogP contribution in [0.25, 0.3) is 11.1 Å². The van der Waals surface area contributed by atoms with Crippen molar-refractivity contribution in [1.29, 1.82) is 0 Å². The monoisotopic (exact) mass is 572 g/mol. The van der Waals surface area contributed by atoms with Crippen LogP contribution < -0.4 is 0 Å². The molecular weight excluding hydrogens is 528 g/mol. The molecule has 0 bridgehead atoms. The quantitative estimate of drug-likeness (QED) is 0.214. The second-order valence-corrected chi connectivity index (χ2v) is 12.9. The highest BCUT2D eigenvalue weighted by Crippen LogP contribution is 2.60. The highest BCUT2D eigenvalue weighted by molar-refractivity contribution is 5.98. The second kappa shape index (κ2) is 12.4. The summed E-state index contributed by atoms with van der Waals surface area (Å²) in [5.41, 5.74) is 9.07. The molecule has 4 aromatic carbocycles. The van der Waals surface area contributed by atoms with E-state index in [0.717, 1.165) is 37.2 Å². The first-order chi connectivity index (χ1) is 20.9. The molecule has 0 aliphatic heterocycles. The molecule has 0 aromatic heterocycles. The number of rotatable bonds is 4. The molecule has 0 unspecified atom stereocenters. The summed E-state index contributed by atoms with van der Waals surface area (Å²) < 4.78 is 0. The molecule has 3 aliphatic carbocycles. The van der Waals surface area contributed by atoms with Gasteiger partial charge in [0, 0.05) is 0 Å². The molecule has 3 N–H and O–H groups in total. The van der Waals surface area contributed by atoms with Crippen LogP contribution >= 0.6 is 0 Å². The lowest BCUT2D eigenvalue weighted by atomic mass is 9.55. The first-order valence-corrected chi connectivity index (χ1v) is 16.0. The molecule has 0 heterocycles. The molecule has 222 valence electrons. The van der Waals surface area contributed by atoms with E-state index in [4.69, 9.17) is 0 Å². The van der Waals surface area contributed by atoms with Crippen molar-refractivity contribution >= 4 is 11.1 Å². The molecule has 3 nitrogen and oxygen atoms in total. The van der Waals surface area contributed by atoms with Crippen LogP contribution in [-0.2, 0) is 6.42 Å². The first kappa shape index (κ1) is 29.3. The van der Waals surface area contributed by atoms with E-state index in [-0.39, 0.29) is 11.5 Å². The Morgan fingerprint density at radius 2 is 1.35 bits per heavy atom. The van der Waals surface area contributed by atoms with Gasteiger partial charge in [0.15, 0.2) is 0 Å². The van der Waals surface area contributed by atoms with Gasteiger partial charge < -0.3 is 15.3 Å². The van der Waals surface area contributed by atoms with Gasteiger partial charge in [-0.3, -0.25) is 0 Å². The Morgan fingerprint density at radius 1 is 0.721 bits per heavy atom. The molecule has 0 spiro atoms. The number of phenols is 2. The van der Waals surface area contributed by atoms with Gasteiger partial charge in [-0.25, -0.2) is 0 Å². The Morgan fingerprint density at radius 3 is 2.02 bits per heavy atom. The summed E-state index contributed by atoms with van der Waals surface area (Å²) in [6.45, 7) is 4.50. The molecule has 0 amide bonds. The first-order valence-electron chi connectivity index (χ1n) is 16.0. The van der Waals surface area contributed by atoms with Crippen LogP contribution in [0.4, 0.5) is 0 Å². The van der Waals surface area contributed by atoms with Gasteiger partial charge in [0.05, 0.1) is 6.10 Å². The number of allylic oxidation sites excluding steroid dienone is 1. The molecule has 43 heavy (non-hydrogen) atoms. The summed E-state index contributed by atoms with van der Waals surface area (Å²) in [7, 11) is 0. The molecule has 3 aliphatic rings. The predicted octanol–water partition coefficient (Wildman–Crippen LogP) is 9.37. The minimum Gasteiger partial charge on any atom is -0.508 e. The minimum absolute atomic E-state index is 0.0883. The Bertz CT molecular complexity index is 1560. The van der Waals surface area contributed by atoms with Crippen molar-refractivity contribution in [1.82, 2.24) is 0 Å². The molecule has 2 saturated carbocycles.